The molecule has 0 spiro atoms. The van der Waals surface area contributed by atoms with E-state index in [1.165, 1.54) is 32.4 Å². The number of piperidine rings is 1. The Morgan fingerprint density at radius 1 is 1.35 bits per heavy atom. The highest BCUT2D eigenvalue weighted by molar-refractivity contribution is 8.14. The molecule has 2 heterocycles. The minimum Gasteiger partial charge on any atom is -0.359 e. The Hall–Kier alpha value is -0.220. The highest BCUT2D eigenvalue weighted by atomic mass is 32.2. The zero-order chi connectivity index (χ0) is 12.3. The van der Waals surface area contributed by atoms with Gasteiger partial charge in [0.05, 0.1) is 6.04 Å². The predicted molar refractivity (Wildman–Crippen MR) is 76.9 cm³/mol. The molecule has 0 aromatic carbocycles. The second-order valence-corrected chi connectivity index (χ2v) is 6.91. The molecule has 2 rings (SSSR count). The van der Waals surface area contributed by atoms with Crippen molar-refractivity contribution in [2.75, 3.05) is 25.4 Å². The first-order valence-corrected chi connectivity index (χ1v) is 7.75. The number of likely N-dealkylation sites (tertiary alicyclic amines) is 1. The van der Waals surface area contributed by atoms with E-state index in [2.05, 4.69) is 31.0 Å². The summed E-state index contributed by atoms with van der Waals surface area (Å²) in [6.45, 7) is 10.3. The van der Waals surface area contributed by atoms with Crippen LogP contribution in [0.2, 0.25) is 0 Å². The zero-order valence-corrected chi connectivity index (χ0v) is 12.1. The highest BCUT2D eigenvalue weighted by Crippen LogP contribution is 2.22. The summed E-state index contributed by atoms with van der Waals surface area (Å²) in [6, 6.07) is 0.414. The summed E-state index contributed by atoms with van der Waals surface area (Å²) in [5.74, 6) is 1.13. The van der Waals surface area contributed by atoms with Gasteiger partial charge in [-0.25, -0.2) is 0 Å². The number of hydrogen-bond acceptors (Lipinski definition) is 3. The summed E-state index contributed by atoms with van der Waals surface area (Å²) in [5, 5.41) is 4.63. The molecule has 4 heteroatoms. The summed E-state index contributed by atoms with van der Waals surface area (Å²) in [5.41, 5.74) is 0.217. The number of aliphatic imine (C=N–C) groups is 1. The summed E-state index contributed by atoms with van der Waals surface area (Å²) in [6.07, 6.45) is 4.14. The van der Waals surface area contributed by atoms with E-state index in [9.17, 15) is 0 Å². The van der Waals surface area contributed by atoms with Crippen LogP contribution in [0.4, 0.5) is 0 Å². The van der Waals surface area contributed by atoms with E-state index in [4.69, 9.17) is 4.99 Å². The predicted octanol–water partition coefficient (Wildman–Crippen LogP) is 2.33. The van der Waals surface area contributed by atoms with Crippen LogP contribution >= 0.6 is 11.8 Å². The molecule has 0 aliphatic carbocycles. The molecule has 98 valence electrons. The monoisotopic (exact) mass is 255 g/mol. The molecule has 17 heavy (non-hydrogen) atoms. The fourth-order valence-corrected chi connectivity index (χ4v) is 3.61. The largest absolute Gasteiger partial charge is 0.359 e. The van der Waals surface area contributed by atoms with Crippen molar-refractivity contribution in [1.29, 1.82) is 0 Å². The normalized spacial score (nSPS) is 29.2. The van der Waals surface area contributed by atoms with E-state index in [0.717, 1.165) is 17.5 Å². The molecule has 2 fully saturated rings. The van der Waals surface area contributed by atoms with Crippen molar-refractivity contribution in [1.82, 2.24) is 10.2 Å². The van der Waals surface area contributed by atoms with Gasteiger partial charge < -0.3 is 10.2 Å². The summed E-state index contributed by atoms with van der Waals surface area (Å²) in [4.78, 5) is 7.35. The third kappa shape index (κ3) is 4.18. The van der Waals surface area contributed by atoms with Crippen LogP contribution in [0, 0.1) is 0 Å². The van der Waals surface area contributed by atoms with Gasteiger partial charge in [0, 0.05) is 17.8 Å². The molecule has 1 N–H and O–H groups in total. The molecule has 2 aliphatic rings. The average molecular weight is 255 g/mol. The summed E-state index contributed by atoms with van der Waals surface area (Å²) in [7, 11) is 0. The van der Waals surface area contributed by atoms with Crippen LogP contribution in [0.3, 0.4) is 0 Å². The molecular formula is C13H25N3S. The summed E-state index contributed by atoms with van der Waals surface area (Å²) >= 11 is 1.86. The van der Waals surface area contributed by atoms with Crippen molar-refractivity contribution >= 4 is 16.9 Å². The van der Waals surface area contributed by atoms with Gasteiger partial charge in [-0.05, 0) is 46.7 Å². The van der Waals surface area contributed by atoms with E-state index in [0.29, 0.717) is 6.04 Å². The van der Waals surface area contributed by atoms with Crippen LogP contribution < -0.4 is 5.32 Å². The molecule has 0 saturated carbocycles. The Bertz CT molecular complexity index is 282. The summed E-state index contributed by atoms with van der Waals surface area (Å²) < 4.78 is 0. The molecule has 0 radical (unpaired) electrons. The number of thioether (sulfide) groups is 1. The maximum atomic E-state index is 4.79. The van der Waals surface area contributed by atoms with Gasteiger partial charge in [-0.3, -0.25) is 4.99 Å². The van der Waals surface area contributed by atoms with Crippen molar-refractivity contribution in [2.24, 2.45) is 4.99 Å². The van der Waals surface area contributed by atoms with E-state index in [1.807, 2.05) is 11.8 Å². The Morgan fingerprint density at radius 2 is 2.06 bits per heavy atom. The molecule has 2 saturated heterocycles. The minimum atomic E-state index is 0.217. The lowest BCUT2D eigenvalue weighted by Gasteiger charge is -2.28. The molecule has 0 aromatic heterocycles. The molecule has 0 bridgehead atoms. The van der Waals surface area contributed by atoms with Gasteiger partial charge in [0.25, 0.3) is 0 Å². The number of nitrogens with one attached hydrogen (secondary N) is 1. The topological polar surface area (TPSA) is 27.6 Å². The quantitative estimate of drug-likeness (QED) is 0.839. The third-order valence-electron chi connectivity index (χ3n) is 3.32. The first-order chi connectivity index (χ1) is 8.05. The van der Waals surface area contributed by atoms with Crippen molar-refractivity contribution in [3.63, 3.8) is 0 Å². The fraction of sp³-hybridized carbons (Fsp3) is 0.923. The average Bonchev–Trinajstić information content (AvgIpc) is 2.59. The van der Waals surface area contributed by atoms with Crippen LogP contribution in [0.25, 0.3) is 0 Å². The minimum absolute atomic E-state index is 0.217. The van der Waals surface area contributed by atoms with Crippen LogP contribution in [-0.4, -0.2) is 47.0 Å². The first-order valence-electron chi connectivity index (χ1n) is 6.76. The van der Waals surface area contributed by atoms with Crippen molar-refractivity contribution < 1.29 is 0 Å². The number of rotatable bonds is 3. The molecular weight excluding hydrogens is 230 g/mol. The Labute approximate surface area is 109 Å². The molecule has 1 unspecified atom stereocenters. The van der Waals surface area contributed by atoms with E-state index >= 15 is 0 Å². The van der Waals surface area contributed by atoms with Crippen LogP contribution in [-0.2, 0) is 0 Å². The second kappa shape index (κ2) is 5.61. The smallest absolute Gasteiger partial charge is 0.157 e. The van der Waals surface area contributed by atoms with Gasteiger partial charge in [-0.15, -0.1) is 0 Å². The van der Waals surface area contributed by atoms with Crippen LogP contribution in [0.1, 0.15) is 40.0 Å². The molecule has 0 aromatic rings. The first kappa shape index (κ1) is 13.2. The van der Waals surface area contributed by atoms with Gasteiger partial charge in [0.15, 0.2) is 5.17 Å². The molecule has 2 aliphatic heterocycles. The maximum absolute atomic E-state index is 4.79. The molecule has 1 atom stereocenters. The van der Waals surface area contributed by atoms with Crippen molar-refractivity contribution in [3.05, 3.63) is 0 Å². The molecule has 3 nitrogen and oxygen atoms in total. The lowest BCUT2D eigenvalue weighted by atomic mass is 10.1. The molecule has 0 amide bonds. The maximum Gasteiger partial charge on any atom is 0.157 e. The van der Waals surface area contributed by atoms with Crippen LogP contribution in [0.5, 0.6) is 0 Å². The SMILES string of the molecule is CC(CN1CCCCC1)N=C1NC(C)(C)CS1. The standard InChI is InChI=1S/C13H25N3S/c1-11(9-16-7-5-4-6-8-16)14-12-15-13(2,3)10-17-12/h11H,4-10H2,1-3H3,(H,14,15). The number of nitrogens with zero attached hydrogens (tertiary/aromatic N) is 2. The fourth-order valence-electron chi connectivity index (χ4n) is 2.44. The lowest BCUT2D eigenvalue weighted by Crippen LogP contribution is -2.38. The Kier molecular flexibility index (Phi) is 4.36. The van der Waals surface area contributed by atoms with Gasteiger partial charge in [0.1, 0.15) is 0 Å². The van der Waals surface area contributed by atoms with Gasteiger partial charge in [-0.2, -0.15) is 0 Å². The van der Waals surface area contributed by atoms with Gasteiger partial charge in [-0.1, -0.05) is 18.2 Å². The third-order valence-corrected chi connectivity index (χ3v) is 4.67. The Morgan fingerprint density at radius 3 is 2.65 bits per heavy atom. The zero-order valence-electron chi connectivity index (χ0n) is 11.3. The second-order valence-electron chi connectivity index (χ2n) is 5.94. The Balaban J connectivity index is 1.80. The highest BCUT2D eigenvalue weighted by Gasteiger charge is 2.27. The lowest BCUT2D eigenvalue weighted by molar-refractivity contribution is 0.220. The number of hydrogen-bond donors (Lipinski definition) is 1. The van der Waals surface area contributed by atoms with Crippen LogP contribution in [0.15, 0.2) is 4.99 Å². The van der Waals surface area contributed by atoms with Crippen molar-refractivity contribution in [2.45, 2.75) is 51.6 Å². The van der Waals surface area contributed by atoms with E-state index < -0.39 is 0 Å². The van der Waals surface area contributed by atoms with E-state index in [-0.39, 0.29) is 5.54 Å². The number of amidine groups is 1. The van der Waals surface area contributed by atoms with Gasteiger partial charge >= 0.3 is 0 Å². The van der Waals surface area contributed by atoms with Crippen molar-refractivity contribution in [3.8, 4) is 0 Å². The van der Waals surface area contributed by atoms with Gasteiger partial charge in [0.2, 0.25) is 0 Å². The van der Waals surface area contributed by atoms with E-state index in [1.54, 1.807) is 0 Å².